The summed E-state index contributed by atoms with van der Waals surface area (Å²) in [6.07, 6.45) is 1.38. The second-order valence-electron chi connectivity index (χ2n) is 6.41. The number of carbonyl (C=O) groups excluding carboxylic acids is 1. The number of nitrogens with zero attached hydrogens (tertiary/aromatic N) is 3. The minimum absolute atomic E-state index is 0.296. The Balaban J connectivity index is 1.58. The number of hydrogen-bond acceptors (Lipinski definition) is 6. The summed E-state index contributed by atoms with van der Waals surface area (Å²) in [4.78, 5) is 22.7. The number of amides is 1. The van der Waals surface area contributed by atoms with Gasteiger partial charge in [-0.3, -0.25) is 4.79 Å². The molecule has 0 saturated carbocycles. The maximum absolute atomic E-state index is 12.5. The van der Waals surface area contributed by atoms with E-state index in [1.807, 2.05) is 44.4 Å². The van der Waals surface area contributed by atoms with E-state index in [2.05, 4.69) is 25.5 Å². The van der Waals surface area contributed by atoms with Crippen molar-refractivity contribution >= 4 is 17.4 Å². The fourth-order valence-corrected chi connectivity index (χ4v) is 2.41. The van der Waals surface area contributed by atoms with Crippen LogP contribution < -0.4 is 15.4 Å². The fourth-order valence-electron chi connectivity index (χ4n) is 2.41. The van der Waals surface area contributed by atoms with Crippen molar-refractivity contribution in [2.75, 3.05) is 37.8 Å². The van der Waals surface area contributed by atoms with Crippen molar-refractivity contribution in [3.8, 4) is 11.5 Å². The van der Waals surface area contributed by atoms with Gasteiger partial charge >= 0.3 is 0 Å². The number of carbonyl (C=O) groups is 1. The maximum Gasteiger partial charge on any atom is 0.274 e. The van der Waals surface area contributed by atoms with Crippen LogP contribution >= 0.6 is 0 Å². The molecule has 0 atom stereocenters. The number of likely N-dealkylation sites (N-methyl/N-ethyl adjacent to an activating group) is 1. The zero-order chi connectivity index (χ0) is 19.8. The van der Waals surface area contributed by atoms with Crippen LogP contribution in [0, 0.1) is 0 Å². The molecule has 0 radical (unpaired) electrons. The Morgan fingerprint density at radius 2 is 1.71 bits per heavy atom. The molecule has 0 spiro atoms. The summed E-state index contributed by atoms with van der Waals surface area (Å²) >= 11 is 0. The van der Waals surface area contributed by atoms with Gasteiger partial charge in [-0.15, -0.1) is 0 Å². The molecule has 3 rings (SSSR count). The van der Waals surface area contributed by atoms with E-state index in [1.165, 1.54) is 6.33 Å². The lowest BCUT2D eigenvalue weighted by Crippen LogP contribution is -2.21. The number of hydrogen-bond donors (Lipinski definition) is 2. The third kappa shape index (κ3) is 5.78. The van der Waals surface area contributed by atoms with Crippen LogP contribution in [0.3, 0.4) is 0 Å². The molecule has 7 nitrogen and oxygen atoms in total. The monoisotopic (exact) mass is 377 g/mol. The van der Waals surface area contributed by atoms with Crippen LogP contribution in [-0.2, 0) is 0 Å². The van der Waals surface area contributed by atoms with Crippen molar-refractivity contribution in [2.24, 2.45) is 0 Å². The van der Waals surface area contributed by atoms with Crippen molar-refractivity contribution in [1.29, 1.82) is 0 Å². The van der Waals surface area contributed by atoms with Crippen molar-refractivity contribution < 1.29 is 9.53 Å². The molecule has 7 heteroatoms. The average Bonchev–Trinajstić information content (AvgIpc) is 2.70. The van der Waals surface area contributed by atoms with Gasteiger partial charge in [-0.05, 0) is 50.5 Å². The van der Waals surface area contributed by atoms with Crippen LogP contribution in [0.1, 0.15) is 10.5 Å². The normalized spacial score (nSPS) is 10.5. The van der Waals surface area contributed by atoms with Gasteiger partial charge in [0.15, 0.2) is 0 Å². The standard InChI is InChI=1S/C21H23N5O2/c1-26(2)13-12-22-20-14-19(23-15-24-20)21(27)25-16-8-10-18(11-9-16)28-17-6-4-3-5-7-17/h3-11,14-15H,12-13H2,1-2H3,(H,25,27)(H,22,23,24). The highest BCUT2D eigenvalue weighted by Crippen LogP contribution is 2.22. The van der Waals surface area contributed by atoms with Gasteiger partial charge in [-0.25, -0.2) is 9.97 Å². The number of anilines is 2. The van der Waals surface area contributed by atoms with Gasteiger partial charge in [-0.1, -0.05) is 18.2 Å². The third-order valence-electron chi connectivity index (χ3n) is 3.86. The number of nitrogens with one attached hydrogen (secondary N) is 2. The lowest BCUT2D eigenvalue weighted by molar-refractivity contribution is 0.102. The van der Waals surface area contributed by atoms with E-state index in [0.717, 1.165) is 18.8 Å². The molecule has 1 aromatic heterocycles. The van der Waals surface area contributed by atoms with Gasteiger partial charge in [0.1, 0.15) is 29.3 Å². The van der Waals surface area contributed by atoms with Crippen LogP contribution in [0.2, 0.25) is 0 Å². The lowest BCUT2D eigenvalue weighted by atomic mass is 10.2. The van der Waals surface area contributed by atoms with Crippen LogP contribution in [0.15, 0.2) is 67.0 Å². The highest BCUT2D eigenvalue weighted by molar-refractivity contribution is 6.03. The van der Waals surface area contributed by atoms with Crippen molar-refractivity contribution in [2.45, 2.75) is 0 Å². The molecular formula is C21H23N5O2. The van der Waals surface area contributed by atoms with Gasteiger partial charge in [0.2, 0.25) is 0 Å². The predicted molar refractivity (Wildman–Crippen MR) is 110 cm³/mol. The van der Waals surface area contributed by atoms with Gasteiger partial charge < -0.3 is 20.3 Å². The molecule has 0 fully saturated rings. The molecular weight excluding hydrogens is 354 g/mol. The van der Waals surface area contributed by atoms with E-state index < -0.39 is 0 Å². The fraction of sp³-hybridized carbons (Fsp3) is 0.190. The summed E-state index contributed by atoms with van der Waals surface area (Å²) in [5.41, 5.74) is 0.957. The first kappa shape index (κ1) is 19.3. The van der Waals surface area contributed by atoms with Gasteiger partial charge in [0.05, 0.1) is 0 Å². The number of aromatic nitrogens is 2. The summed E-state index contributed by atoms with van der Waals surface area (Å²) in [7, 11) is 3.99. The summed E-state index contributed by atoms with van der Waals surface area (Å²) in [5.74, 6) is 1.77. The number of para-hydroxylation sites is 1. The van der Waals surface area contributed by atoms with E-state index in [-0.39, 0.29) is 5.91 Å². The van der Waals surface area contributed by atoms with Crippen molar-refractivity contribution in [3.63, 3.8) is 0 Å². The zero-order valence-corrected chi connectivity index (χ0v) is 15.9. The van der Waals surface area contributed by atoms with Crippen LogP contribution in [0.4, 0.5) is 11.5 Å². The topological polar surface area (TPSA) is 79.4 Å². The van der Waals surface area contributed by atoms with Crippen molar-refractivity contribution in [1.82, 2.24) is 14.9 Å². The number of ether oxygens (including phenoxy) is 1. The third-order valence-corrected chi connectivity index (χ3v) is 3.86. The molecule has 0 aliphatic heterocycles. The van der Waals surface area contributed by atoms with E-state index >= 15 is 0 Å². The van der Waals surface area contributed by atoms with E-state index in [4.69, 9.17) is 4.74 Å². The van der Waals surface area contributed by atoms with Crippen LogP contribution in [-0.4, -0.2) is 48.0 Å². The molecule has 0 bridgehead atoms. The summed E-state index contributed by atoms with van der Waals surface area (Å²) in [5, 5.41) is 6.01. The predicted octanol–water partition coefficient (Wildman–Crippen LogP) is 3.49. The second kappa shape index (κ2) is 9.48. The van der Waals surface area contributed by atoms with Gasteiger partial charge in [0.25, 0.3) is 5.91 Å². The highest BCUT2D eigenvalue weighted by Gasteiger charge is 2.09. The average molecular weight is 377 g/mol. The smallest absolute Gasteiger partial charge is 0.274 e. The molecule has 144 valence electrons. The molecule has 1 amide bonds. The van der Waals surface area contributed by atoms with Crippen LogP contribution in [0.5, 0.6) is 11.5 Å². The molecule has 0 aliphatic carbocycles. The summed E-state index contributed by atoms with van der Waals surface area (Å²) in [6.45, 7) is 1.59. The minimum atomic E-state index is -0.296. The largest absolute Gasteiger partial charge is 0.457 e. The Labute approximate surface area is 164 Å². The molecule has 0 saturated heterocycles. The second-order valence-corrected chi connectivity index (χ2v) is 6.41. The zero-order valence-electron chi connectivity index (χ0n) is 15.9. The number of benzene rings is 2. The Morgan fingerprint density at radius 3 is 2.43 bits per heavy atom. The molecule has 1 heterocycles. The first-order chi connectivity index (χ1) is 13.6. The molecule has 28 heavy (non-hydrogen) atoms. The van der Waals surface area contributed by atoms with E-state index in [0.29, 0.717) is 22.9 Å². The van der Waals surface area contributed by atoms with Gasteiger partial charge in [0, 0.05) is 24.8 Å². The first-order valence-electron chi connectivity index (χ1n) is 8.95. The quantitative estimate of drug-likeness (QED) is 0.626. The van der Waals surface area contributed by atoms with Crippen LogP contribution in [0.25, 0.3) is 0 Å². The highest BCUT2D eigenvalue weighted by atomic mass is 16.5. The Bertz CT molecular complexity index is 898. The van der Waals surface area contributed by atoms with Crippen molar-refractivity contribution in [3.05, 3.63) is 72.7 Å². The first-order valence-corrected chi connectivity index (χ1v) is 8.95. The Hall–Kier alpha value is -3.45. The van der Waals surface area contributed by atoms with Gasteiger partial charge in [-0.2, -0.15) is 0 Å². The SMILES string of the molecule is CN(C)CCNc1cc(C(=O)Nc2ccc(Oc3ccccc3)cc2)ncn1. The van der Waals surface area contributed by atoms with E-state index in [1.54, 1.807) is 30.3 Å². The lowest BCUT2D eigenvalue weighted by Gasteiger charge is -2.11. The molecule has 2 N–H and O–H groups in total. The molecule has 3 aromatic rings. The van der Waals surface area contributed by atoms with E-state index in [9.17, 15) is 4.79 Å². The summed E-state index contributed by atoms with van der Waals surface area (Å²) in [6, 6.07) is 18.3. The number of rotatable bonds is 8. The summed E-state index contributed by atoms with van der Waals surface area (Å²) < 4.78 is 5.75. The maximum atomic E-state index is 12.5. The molecule has 2 aromatic carbocycles. The minimum Gasteiger partial charge on any atom is -0.457 e. The Morgan fingerprint density at radius 1 is 1.00 bits per heavy atom. The molecule has 0 aliphatic rings. The Kier molecular flexibility index (Phi) is 6.54. The molecule has 0 unspecified atom stereocenters.